The number of pyridine rings is 1. The van der Waals surface area contributed by atoms with Crippen molar-refractivity contribution in [3.63, 3.8) is 0 Å². The van der Waals surface area contributed by atoms with E-state index in [0.717, 1.165) is 30.2 Å². The van der Waals surface area contributed by atoms with E-state index in [1.165, 1.54) is 17.9 Å². The quantitative estimate of drug-likeness (QED) is 0.610. The van der Waals surface area contributed by atoms with Crippen LogP contribution in [0.2, 0.25) is 0 Å². The zero-order valence-electron chi connectivity index (χ0n) is 19.1. The van der Waals surface area contributed by atoms with Crippen LogP contribution >= 0.6 is 0 Å². The highest BCUT2D eigenvalue weighted by Crippen LogP contribution is 2.31. The van der Waals surface area contributed by atoms with Gasteiger partial charge in [-0.2, -0.15) is 4.98 Å². The highest BCUT2D eigenvalue weighted by Gasteiger charge is 2.24. The molecule has 2 N–H and O–H groups in total. The predicted molar refractivity (Wildman–Crippen MR) is 125 cm³/mol. The van der Waals surface area contributed by atoms with E-state index in [4.69, 9.17) is 4.74 Å². The number of benzene rings is 1. The summed E-state index contributed by atoms with van der Waals surface area (Å²) in [5.74, 6) is -1.41. The maximum absolute atomic E-state index is 14.0. The van der Waals surface area contributed by atoms with E-state index in [2.05, 4.69) is 39.3 Å². The van der Waals surface area contributed by atoms with Gasteiger partial charge >= 0.3 is 6.01 Å². The second kappa shape index (κ2) is 9.14. The summed E-state index contributed by atoms with van der Waals surface area (Å²) in [6, 6.07) is 5.34. The molecular formula is C23H27FN6O3. The molecule has 1 aliphatic heterocycles. The molecule has 0 saturated carbocycles. The Labute approximate surface area is 190 Å². The number of halogens is 1. The predicted octanol–water partition coefficient (Wildman–Crippen LogP) is 2.40. The Kier molecular flexibility index (Phi) is 6.28. The van der Waals surface area contributed by atoms with E-state index in [1.54, 1.807) is 19.2 Å². The van der Waals surface area contributed by atoms with Crippen LogP contribution in [0.5, 0.6) is 6.01 Å². The first-order valence-electron chi connectivity index (χ1n) is 10.9. The highest BCUT2D eigenvalue weighted by atomic mass is 19.1. The first-order chi connectivity index (χ1) is 15.8. The molecule has 10 heteroatoms. The fourth-order valence-electron chi connectivity index (χ4n) is 4.27. The number of rotatable bonds is 5. The van der Waals surface area contributed by atoms with Gasteiger partial charge in [-0.15, -0.1) is 0 Å². The minimum Gasteiger partial charge on any atom is -0.467 e. The molecule has 0 spiro atoms. The zero-order valence-corrected chi connectivity index (χ0v) is 19.1. The molecule has 0 aliphatic carbocycles. The number of aromatic nitrogens is 3. The molecule has 4 rings (SSSR count). The fourth-order valence-corrected chi connectivity index (χ4v) is 4.27. The van der Waals surface area contributed by atoms with Gasteiger partial charge in [-0.05, 0) is 32.9 Å². The number of carbonyl (C=O) groups is 1. The molecule has 9 nitrogen and oxygen atoms in total. The lowest BCUT2D eigenvalue weighted by Crippen LogP contribution is -2.54. The molecule has 3 heterocycles. The molecule has 1 aromatic carbocycles. The van der Waals surface area contributed by atoms with Crippen LogP contribution in [0, 0.1) is 5.82 Å². The zero-order chi connectivity index (χ0) is 23.7. The number of anilines is 2. The van der Waals surface area contributed by atoms with Gasteiger partial charge in [0.15, 0.2) is 5.82 Å². The van der Waals surface area contributed by atoms with Gasteiger partial charge < -0.3 is 24.8 Å². The topological polar surface area (TPSA) is 101 Å². The third kappa shape index (κ3) is 4.51. The molecule has 33 heavy (non-hydrogen) atoms. The number of aryl methyl sites for hydroxylation is 1. The summed E-state index contributed by atoms with van der Waals surface area (Å²) in [5.41, 5.74) is 1.10. The Morgan fingerprint density at radius 1 is 1.30 bits per heavy atom. The summed E-state index contributed by atoms with van der Waals surface area (Å²) in [4.78, 5) is 35.9. The van der Waals surface area contributed by atoms with E-state index in [0.29, 0.717) is 23.2 Å². The number of nitrogens with one attached hydrogen (secondary N) is 2. The standard InChI is InChI=1S/C23H27FN6O3/c1-5-29-12-15(8-18(24)22(29)32)27-21(31)16-6-7-19(30-10-13(2)26-14(3)11-30)17-9-25-23(33-4)28-20(16)17/h6-9,12-14,26H,5,10-11H2,1-4H3,(H,27,31)/t13-,14+. The number of hydrogen-bond donors (Lipinski definition) is 2. The lowest BCUT2D eigenvalue weighted by atomic mass is 10.0. The number of fused-ring (bicyclic) bond motifs is 1. The molecule has 0 bridgehead atoms. The summed E-state index contributed by atoms with van der Waals surface area (Å²) in [5, 5.41) is 6.91. The SMILES string of the molecule is CCn1cc(NC(=O)c2ccc(N3C[C@@H](C)N[C@@H](C)C3)c3cnc(OC)nc23)cc(F)c1=O. The number of hydrogen-bond acceptors (Lipinski definition) is 7. The van der Waals surface area contributed by atoms with E-state index in [1.807, 2.05) is 6.07 Å². The molecule has 0 unspecified atom stereocenters. The van der Waals surface area contributed by atoms with Crippen LogP contribution in [0.1, 0.15) is 31.1 Å². The van der Waals surface area contributed by atoms with Crippen molar-refractivity contribution in [2.24, 2.45) is 0 Å². The molecule has 1 saturated heterocycles. The molecule has 1 aliphatic rings. The molecule has 0 radical (unpaired) electrons. The monoisotopic (exact) mass is 454 g/mol. The summed E-state index contributed by atoms with van der Waals surface area (Å²) in [7, 11) is 1.46. The molecule has 174 valence electrons. The Balaban J connectivity index is 1.76. The van der Waals surface area contributed by atoms with Crippen LogP contribution in [0.15, 0.2) is 35.4 Å². The average molecular weight is 455 g/mol. The summed E-state index contributed by atoms with van der Waals surface area (Å²) < 4.78 is 20.4. The van der Waals surface area contributed by atoms with E-state index in [-0.39, 0.29) is 18.2 Å². The Morgan fingerprint density at radius 3 is 2.70 bits per heavy atom. The third-order valence-electron chi connectivity index (χ3n) is 5.67. The normalized spacial score (nSPS) is 18.4. The number of ether oxygens (including phenoxy) is 1. The molecule has 1 fully saturated rings. The number of nitrogens with zero attached hydrogens (tertiary/aromatic N) is 4. The lowest BCUT2D eigenvalue weighted by molar-refractivity contribution is 0.102. The average Bonchev–Trinajstić information content (AvgIpc) is 2.79. The van der Waals surface area contributed by atoms with E-state index < -0.39 is 17.3 Å². The number of amides is 1. The summed E-state index contributed by atoms with van der Waals surface area (Å²) in [6.45, 7) is 7.86. The lowest BCUT2D eigenvalue weighted by Gasteiger charge is -2.38. The highest BCUT2D eigenvalue weighted by molar-refractivity contribution is 6.13. The van der Waals surface area contributed by atoms with E-state index in [9.17, 15) is 14.0 Å². The Hall–Kier alpha value is -3.53. The smallest absolute Gasteiger partial charge is 0.316 e. The molecule has 2 aromatic heterocycles. The van der Waals surface area contributed by atoms with Gasteiger partial charge in [-0.25, -0.2) is 9.37 Å². The number of methoxy groups -OCH3 is 1. The van der Waals surface area contributed by atoms with Crippen molar-refractivity contribution in [3.8, 4) is 6.01 Å². The maximum Gasteiger partial charge on any atom is 0.316 e. The van der Waals surface area contributed by atoms with Gasteiger partial charge in [0.2, 0.25) is 0 Å². The van der Waals surface area contributed by atoms with Crippen LogP contribution < -0.4 is 25.8 Å². The second-order valence-electron chi connectivity index (χ2n) is 8.25. The third-order valence-corrected chi connectivity index (χ3v) is 5.67. The van der Waals surface area contributed by atoms with Gasteiger partial charge in [-0.1, -0.05) is 0 Å². The maximum atomic E-state index is 14.0. The van der Waals surface area contributed by atoms with Gasteiger partial charge in [0.25, 0.3) is 11.5 Å². The van der Waals surface area contributed by atoms with Crippen molar-refractivity contribution >= 4 is 28.2 Å². The number of carbonyl (C=O) groups excluding carboxylic acids is 1. The van der Waals surface area contributed by atoms with Crippen LogP contribution in [0.25, 0.3) is 10.9 Å². The minimum absolute atomic E-state index is 0.140. The molecule has 1 amide bonds. The van der Waals surface area contributed by atoms with Crippen molar-refractivity contribution in [3.05, 3.63) is 52.3 Å². The number of piperazine rings is 1. The van der Waals surface area contributed by atoms with Crippen molar-refractivity contribution in [2.75, 3.05) is 30.4 Å². The fraction of sp³-hybridized carbons (Fsp3) is 0.391. The van der Waals surface area contributed by atoms with Crippen molar-refractivity contribution in [2.45, 2.75) is 39.4 Å². The molecule has 3 aromatic rings. The Morgan fingerprint density at radius 2 is 2.03 bits per heavy atom. The molecule has 2 atom stereocenters. The van der Waals surface area contributed by atoms with Crippen LogP contribution in [-0.2, 0) is 6.54 Å². The van der Waals surface area contributed by atoms with Gasteiger partial charge in [0.05, 0.1) is 23.9 Å². The summed E-state index contributed by atoms with van der Waals surface area (Å²) >= 11 is 0. The van der Waals surface area contributed by atoms with Crippen LogP contribution in [-0.4, -0.2) is 52.7 Å². The van der Waals surface area contributed by atoms with Crippen LogP contribution in [0.4, 0.5) is 15.8 Å². The van der Waals surface area contributed by atoms with E-state index >= 15 is 0 Å². The van der Waals surface area contributed by atoms with Crippen LogP contribution in [0.3, 0.4) is 0 Å². The Bertz CT molecular complexity index is 1250. The summed E-state index contributed by atoms with van der Waals surface area (Å²) in [6.07, 6.45) is 3.07. The van der Waals surface area contributed by atoms with Crippen molar-refractivity contribution in [1.29, 1.82) is 0 Å². The first-order valence-corrected chi connectivity index (χ1v) is 10.9. The largest absolute Gasteiger partial charge is 0.467 e. The minimum atomic E-state index is -0.930. The van der Waals surface area contributed by atoms with Gasteiger partial charge in [0.1, 0.15) is 0 Å². The van der Waals surface area contributed by atoms with Crippen molar-refractivity contribution in [1.82, 2.24) is 19.9 Å². The molecular weight excluding hydrogens is 427 g/mol. The second-order valence-corrected chi connectivity index (χ2v) is 8.25. The van der Waals surface area contributed by atoms with Crippen molar-refractivity contribution < 1.29 is 13.9 Å². The van der Waals surface area contributed by atoms with Gasteiger partial charge in [0, 0.05) is 61.3 Å². The first kappa shape index (κ1) is 22.7. The van der Waals surface area contributed by atoms with Gasteiger partial charge in [-0.3, -0.25) is 9.59 Å².